The van der Waals surface area contributed by atoms with Crippen LogP contribution in [0.1, 0.15) is 43.2 Å². The lowest BCUT2D eigenvalue weighted by molar-refractivity contribution is -0.124. The molecule has 3 nitrogen and oxygen atoms in total. The van der Waals surface area contributed by atoms with Crippen LogP contribution in [0.2, 0.25) is 0 Å². The van der Waals surface area contributed by atoms with Crippen molar-refractivity contribution in [1.29, 1.82) is 0 Å². The van der Waals surface area contributed by atoms with Crippen LogP contribution in [-0.4, -0.2) is 28.3 Å². The molecule has 1 saturated heterocycles. The summed E-state index contributed by atoms with van der Waals surface area (Å²) in [6.45, 7) is 2.01. The molecule has 0 radical (unpaired) electrons. The largest absolute Gasteiger partial charge is 0.496 e. The number of carbonyl (C=O) groups is 1. The van der Waals surface area contributed by atoms with E-state index in [2.05, 4.69) is 0 Å². The van der Waals surface area contributed by atoms with E-state index < -0.39 is 0 Å². The van der Waals surface area contributed by atoms with Crippen LogP contribution in [0.15, 0.2) is 23.1 Å². The Kier molecular flexibility index (Phi) is 5.07. The lowest BCUT2D eigenvalue weighted by atomic mass is 9.94. The smallest absolute Gasteiger partial charge is 0.266 e. The first kappa shape index (κ1) is 16.5. The molecule has 1 heterocycles. The van der Waals surface area contributed by atoms with Crippen LogP contribution in [0.25, 0.3) is 6.08 Å². The van der Waals surface area contributed by atoms with E-state index in [4.69, 9.17) is 17.0 Å². The van der Waals surface area contributed by atoms with Crippen LogP contribution in [0.4, 0.5) is 0 Å². The first-order valence-corrected chi connectivity index (χ1v) is 9.24. The fourth-order valence-electron chi connectivity index (χ4n) is 3.21. The zero-order valence-corrected chi connectivity index (χ0v) is 15.1. The number of rotatable bonds is 3. The fraction of sp³-hybridized carbons (Fsp3) is 0.444. The van der Waals surface area contributed by atoms with Gasteiger partial charge in [-0.3, -0.25) is 9.69 Å². The molecule has 0 spiro atoms. The molecule has 0 bridgehead atoms. The monoisotopic (exact) mass is 347 g/mol. The van der Waals surface area contributed by atoms with Crippen molar-refractivity contribution in [3.8, 4) is 5.75 Å². The van der Waals surface area contributed by atoms with Gasteiger partial charge in [-0.1, -0.05) is 55.4 Å². The first-order chi connectivity index (χ1) is 11.1. The molecule has 2 fully saturated rings. The van der Waals surface area contributed by atoms with E-state index in [0.29, 0.717) is 9.23 Å². The number of ether oxygens (including phenoxy) is 1. The lowest BCUT2D eigenvalue weighted by Crippen LogP contribution is -2.39. The molecule has 1 aromatic rings. The molecule has 1 saturated carbocycles. The summed E-state index contributed by atoms with van der Waals surface area (Å²) in [5.41, 5.74) is 2.05. The highest BCUT2D eigenvalue weighted by molar-refractivity contribution is 8.26. The van der Waals surface area contributed by atoms with Crippen molar-refractivity contribution in [2.24, 2.45) is 0 Å². The average Bonchev–Trinajstić information content (AvgIpc) is 2.84. The van der Waals surface area contributed by atoms with E-state index in [0.717, 1.165) is 29.7 Å². The average molecular weight is 348 g/mol. The predicted molar refractivity (Wildman–Crippen MR) is 99.6 cm³/mol. The fourth-order valence-corrected chi connectivity index (χ4v) is 4.61. The molecule has 0 unspecified atom stereocenters. The topological polar surface area (TPSA) is 29.5 Å². The number of benzene rings is 1. The molecule has 3 rings (SSSR count). The molecular formula is C18H21NO2S2. The quantitative estimate of drug-likeness (QED) is 0.593. The van der Waals surface area contributed by atoms with Gasteiger partial charge in [0, 0.05) is 6.04 Å². The number of nitrogens with zero attached hydrogens (tertiary/aromatic N) is 1. The standard InChI is InChI=1S/C18H21NO2S2/c1-12-8-9-13(10-15(12)21-2)11-16-17(20)19(18(22)23-16)14-6-4-3-5-7-14/h8-11,14H,3-7H2,1-2H3/b16-11-. The normalized spacial score (nSPS) is 21.3. The van der Waals surface area contributed by atoms with Gasteiger partial charge in [-0.05, 0) is 43.0 Å². The van der Waals surface area contributed by atoms with Crippen LogP contribution in [0.5, 0.6) is 5.75 Å². The number of aryl methyl sites for hydroxylation is 1. The number of hydrogen-bond acceptors (Lipinski definition) is 4. The van der Waals surface area contributed by atoms with Gasteiger partial charge in [0.05, 0.1) is 12.0 Å². The summed E-state index contributed by atoms with van der Waals surface area (Å²) in [5, 5.41) is 0. The van der Waals surface area contributed by atoms with E-state index >= 15 is 0 Å². The van der Waals surface area contributed by atoms with Gasteiger partial charge in [0.25, 0.3) is 5.91 Å². The molecule has 0 aromatic heterocycles. The van der Waals surface area contributed by atoms with Crippen LogP contribution in [-0.2, 0) is 4.79 Å². The highest BCUT2D eigenvalue weighted by atomic mass is 32.2. The van der Waals surface area contributed by atoms with E-state index in [1.807, 2.05) is 36.1 Å². The van der Waals surface area contributed by atoms with Gasteiger partial charge in [-0.15, -0.1) is 0 Å². The Labute approximate surface area is 147 Å². The summed E-state index contributed by atoms with van der Waals surface area (Å²) in [6, 6.07) is 6.26. The Bertz CT molecular complexity index is 663. The van der Waals surface area contributed by atoms with Crippen molar-refractivity contribution in [1.82, 2.24) is 4.90 Å². The molecule has 1 amide bonds. The Balaban J connectivity index is 1.83. The summed E-state index contributed by atoms with van der Waals surface area (Å²) >= 11 is 6.88. The maximum absolute atomic E-state index is 12.8. The van der Waals surface area contributed by atoms with Gasteiger partial charge in [-0.25, -0.2) is 0 Å². The van der Waals surface area contributed by atoms with Crippen molar-refractivity contribution >= 4 is 40.3 Å². The predicted octanol–water partition coefficient (Wildman–Crippen LogP) is 4.54. The molecule has 23 heavy (non-hydrogen) atoms. The van der Waals surface area contributed by atoms with E-state index in [1.165, 1.54) is 31.0 Å². The van der Waals surface area contributed by atoms with Crippen molar-refractivity contribution in [2.75, 3.05) is 7.11 Å². The van der Waals surface area contributed by atoms with Gasteiger partial charge < -0.3 is 4.74 Å². The number of hydrogen-bond donors (Lipinski definition) is 0. The van der Waals surface area contributed by atoms with E-state index in [9.17, 15) is 4.79 Å². The summed E-state index contributed by atoms with van der Waals surface area (Å²) in [6.07, 6.45) is 7.70. The van der Waals surface area contributed by atoms with Crippen molar-refractivity contribution in [3.63, 3.8) is 0 Å². The Morgan fingerprint density at radius 2 is 2.04 bits per heavy atom. The number of thioether (sulfide) groups is 1. The second kappa shape index (κ2) is 7.05. The molecule has 1 aliphatic heterocycles. The number of thiocarbonyl (C=S) groups is 1. The summed E-state index contributed by atoms with van der Waals surface area (Å²) in [5.74, 6) is 0.896. The third-order valence-electron chi connectivity index (χ3n) is 4.49. The molecule has 122 valence electrons. The Hall–Kier alpha value is -1.33. The van der Waals surface area contributed by atoms with Crippen LogP contribution in [0.3, 0.4) is 0 Å². The Morgan fingerprint density at radius 3 is 2.74 bits per heavy atom. The zero-order valence-electron chi connectivity index (χ0n) is 13.5. The maximum atomic E-state index is 12.8. The van der Waals surface area contributed by atoms with E-state index in [1.54, 1.807) is 7.11 Å². The minimum atomic E-state index is 0.0615. The van der Waals surface area contributed by atoms with Gasteiger partial charge in [-0.2, -0.15) is 0 Å². The van der Waals surface area contributed by atoms with Crippen molar-refractivity contribution < 1.29 is 9.53 Å². The second-order valence-electron chi connectivity index (χ2n) is 6.07. The highest BCUT2D eigenvalue weighted by Gasteiger charge is 2.37. The summed E-state index contributed by atoms with van der Waals surface area (Å²) in [7, 11) is 1.66. The van der Waals surface area contributed by atoms with Gasteiger partial charge in [0.2, 0.25) is 0 Å². The highest BCUT2D eigenvalue weighted by Crippen LogP contribution is 2.37. The number of carbonyl (C=O) groups excluding carboxylic acids is 1. The summed E-state index contributed by atoms with van der Waals surface area (Å²) in [4.78, 5) is 15.3. The third kappa shape index (κ3) is 3.45. The minimum absolute atomic E-state index is 0.0615. The minimum Gasteiger partial charge on any atom is -0.496 e. The van der Waals surface area contributed by atoms with Crippen LogP contribution < -0.4 is 4.74 Å². The molecule has 0 N–H and O–H groups in total. The molecule has 2 aliphatic rings. The number of methoxy groups -OCH3 is 1. The first-order valence-electron chi connectivity index (χ1n) is 8.02. The van der Waals surface area contributed by atoms with Gasteiger partial charge >= 0.3 is 0 Å². The second-order valence-corrected chi connectivity index (χ2v) is 7.75. The van der Waals surface area contributed by atoms with Crippen molar-refractivity contribution in [3.05, 3.63) is 34.2 Å². The molecule has 0 atom stereocenters. The third-order valence-corrected chi connectivity index (χ3v) is 5.82. The van der Waals surface area contributed by atoms with E-state index in [-0.39, 0.29) is 11.9 Å². The molecule has 5 heteroatoms. The summed E-state index contributed by atoms with van der Waals surface area (Å²) < 4.78 is 6.06. The van der Waals surface area contributed by atoms with Crippen LogP contribution >= 0.6 is 24.0 Å². The van der Waals surface area contributed by atoms with Crippen LogP contribution in [0, 0.1) is 6.92 Å². The molecule has 1 aliphatic carbocycles. The number of amides is 1. The Morgan fingerprint density at radius 1 is 1.30 bits per heavy atom. The molecule has 1 aromatic carbocycles. The van der Waals surface area contributed by atoms with Gasteiger partial charge in [0.1, 0.15) is 10.1 Å². The zero-order chi connectivity index (χ0) is 16.4. The lowest BCUT2D eigenvalue weighted by Gasteiger charge is -2.29. The van der Waals surface area contributed by atoms with Crippen molar-refractivity contribution in [2.45, 2.75) is 45.1 Å². The maximum Gasteiger partial charge on any atom is 0.266 e. The van der Waals surface area contributed by atoms with Gasteiger partial charge in [0.15, 0.2) is 0 Å². The SMILES string of the molecule is COc1cc(/C=C2\SC(=S)N(C3CCCCC3)C2=O)ccc1C. The molecular weight excluding hydrogens is 326 g/mol.